The summed E-state index contributed by atoms with van der Waals surface area (Å²) in [6.07, 6.45) is 0.427. The number of amides is 1. The number of hydrogen-bond donors (Lipinski definition) is 2. The van der Waals surface area contributed by atoms with Gasteiger partial charge in [0.2, 0.25) is 5.91 Å². The average molecular weight is 292 g/mol. The molecule has 2 aliphatic rings. The van der Waals surface area contributed by atoms with Gasteiger partial charge >= 0.3 is 0 Å². The van der Waals surface area contributed by atoms with Gasteiger partial charge < -0.3 is 20.5 Å². The summed E-state index contributed by atoms with van der Waals surface area (Å²) in [4.78, 5) is 13.9. The van der Waals surface area contributed by atoms with E-state index in [4.69, 9.17) is 15.6 Å². The summed E-state index contributed by atoms with van der Waals surface area (Å²) in [6.45, 7) is 0.557. The predicted molar refractivity (Wildman–Crippen MR) is 68.1 cm³/mol. The average Bonchev–Trinajstić information content (AvgIpc) is 2.91. The lowest BCUT2D eigenvalue weighted by Gasteiger charge is -2.30. The summed E-state index contributed by atoms with van der Waals surface area (Å²) in [5.41, 5.74) is 5.81. The highest BCUT2D eigenvalue weighted by molar-refractivity contribution is 7.91. The molecular weight excluding hydrogens is 272 g/mol. The number of carbonyl (C=O) groups is 1. The topological polar surface area (TPSA) is 110 Å². The Morgan fingerprint density at radius 3 is 2.63 bits per heavy atom. The molecule has 0 aromatic rings. The van der Waals surface area contributed by atoms with E-state index < -0.39 is 15.8 Å². The first kappa shape index (κ1) is 14.7. The van der Waals surface area contributed by atoms with Gasteiger partial charge in [0.1, 0.15) is 0 Å². The minimum absolute atomic E-state index is 0.0262. The Kier molecular flexibility index (Phi) is 4.44. The van der Waals surface area contributed by atoms with Gasteiger partial charge in [0, 0.05) is 18.6 Å². The van der Waals surface area contributed by atoms with Crippen LogP contribution in [0.3, 0.4) is 0 Å². The maximum absolute atomic E-state index is 12.4. The largest absolute Gasteiger partial charge is 0.395 e. The standard InChI is InChI=1S/C11H20N2O5S/c12-10-6-18-5-9(10)11(15)13(2-3-14)8-1-4-19(16,17)7-8/h8-10,14H,1-7,12H2. The van der Waals surface area contributed by atoms with Gasteiger partial charge in [-0.15, -0.1) is 0 Å². The molecule has 0 aromatic heterocycles. The Labute approximate surface area is 112 Å². The van der Waals surface area contributed by atoms with E-state index in [0.717, 1.165) is 0 Å². The number of ether oxygens (including phenoxy) is 1. The maximum Gasteiger partial charge on any atom is 0.230 e. The van der Waals surface area contributed by atoms with Crippen LogP contribution in [0.2, 0.25) is 0 Å². The van der Waals surface area contributed by atoms with Crippen LogP contribution in [0.5, 0.6) is 0 Å². The molecule has 2 fully saturated rings. The molecule has 2 rings (SSSR count). The van der Waals surface area contributed by atoms with Gasteiger partial charge in [-0.3, -0.25) is 4.79 Å². The van der Waals surface area contributed by atoms with Crippen molar-refractivity contribution in [1.82, 2.24) is 4.90 Å². The molecular formula is C11H20N2O5S. The Morgan fingerprint density at radius 2 is 2.16 bits per heavy atom. The fourth-order valence-electron chi connectivity index (χ4n) is 2.64. The molecule has 2 aliphatic heterocycles. The zero-order valence-corrected chi connectivity index (χ0v) is 11.5. The molecule has 3 atom stereocenters. The van der Waals surface area contributed by atoms with Crippen molar-refractivity contribution in [2.45, 2.75) is 18.5 Å². The van der Waals surface area contributed by atoms with Gasteiger partial charge in [0.05, 0.1) is 37.2 Å². The van der Waals surface area contributed by atoms with Gasteiger partial charge in [-0.05, 0) is 6.42 Å². The number of rotatable bonds is 4. The molecule has 0 radical (unpaired) electrons. The van der Waals surface area contributed by atoms with Crippen molar-refractivity contribution in [3.05, 3.63) is 0 Å². The van der Waals surface area contributed by atoms with Crippen molar-refractivity contribution in [1.29, 1.82) is 0 Å². The van der Waals surface area contributed by atoms with E-state index in [1.165, 1.54) is 4.90 Å². The zero-order valence-electron chi connectivity index (χ0n) is 10.7. The molecule has 0 aromatic carbocycles. The molecule has 19 heavy (non-hydrogen) atoms. The normalized spacial score (nSPS) is 33.5. The minimum Gasteiger partial charge on any atom is -0.395 e. The monoisotopic (exact) mass is 292 g/mol. The molecule has 8 heteroatoms. The quantitative estimate of drug-likeness (QED) is 0.618. The number of carbonyl (C=O) groups excluding carboxylic acids is 1. The van der Waals surface area contributed by atoms with Crippen molar-refractivity contribution in [2.24, 2.45) is 11.7 Å². The molecule has 110 valence electrons. The highest BCUT2D eigenvalue weighted by atomic mass is 32.2. The van der Waals surface area contributed by atoms with Crippen molar-refractivity contribution in [3.8, 4) is 0 Å². The molecule has 0 saturated carbocycles. The van der Waals surface area contributed by atoms with Crippen LogP contribution in [0, 0.1) is 5.92 Å². The van der Waals surface area contributed by atoms with Gasteiger partial charge in [-0.25, -0.2) is 8.42 Å². The van der Waals surface area contributed by atoms with Crippen LogP contribution >= 0.6 is 0 Å². The van der Waals surface area contributed by atoms with E-state index in [2.05, 4.69) is 0 Å². The lowest BCUT2D eigenvalue weighted by molar-refractivity contribution is -0.138. The van der Waals surface area contributed by atoms with E-state index in [1.54, 1.807) is 0 Å². The Bertz CT molecular complexity index is 438. The number of aliphatic hydroxyl groups excluding tert-OH is 1. The predicted octanol–water partition coefficient (Wildman–Crippen LogP) is -2.03. The highest BCUT2D eigenvalue weighted by Gasteiger charge is 2.40. The van der Waals surface area contributed by atoms with Crippen molar-refractivity contribution in [2.75, 3.05) is 37.9 Å². The van der Waals surface area contributed by atoms with Gasteiger partial charge in [-0.1, -0.05) is 0 Å². The van der Waals surface area contributed by atoms with Crippen LogP contribution in [-0.2, 0) is 19.4 Å². The van der Waals surface area contributed by atoms with E-state index >= 15 is 0 Å². The smallest absolute Gasteiger partial charge is 0.230 e. The Hall–Kier alpha value is -0.700. The summed E-state index contributed by atoms with van der Waals surface area (Å²) in [5.74, 6) is -0.572. The lowest BCUT2D eigenvalue weighted by atomic mass is 10.0. The third kappa shape index (κ3) is 3.25. The zero-order chi connectivity index (χ0) is 14.0. The first-order valence-corrected chi connectivity index (χ1v) is 8.22. The number of nitrogens with two attached hydrogens (primary N) is 1. The molecule has 3 N–H and O–H groups in total. The lowest BCUT2D eigenvalue weighted by Crippen LogP contribution is -2.49. The van der Waals surface area contributed by atoms with Crippen LogP contribution in [0.4, 0.5) is 0 Å². The van der Waals surface area contributed by atoms with E-state index in [0.29, 0.717) is 13.0 Å². The molecule has 7 nitrogen and oxygen atoms in total. The SMILES string of the molecule is NC1COCC1C(=O)N(CCO)C1CCS(=O)(=O)C1. The highest BCUT2D eigenvalue weighted by Crippen LogP contribution is 2.22. The number of aliphatic hydroxyl groups is 1. The van der Waals surface area contributed by atoms with E-state index in [9.17, 15) is 13.2 Å². The number of nitrogens with zero attached hydrogens (tertiary/aromatic N) is 1. The first-order chi connectivity index (χ1) is 8.94. The molecule has 1 amide bonds. The Balaban J connectivity index is 2.09. The summed E-state index contributed by atoms with van der Waals surface area (Å²) >= 11 is 0. The number of sulfone groups is 1. The summed E-state index contributed by atoms with van der Waals surface area (Å²) < 4.78 is 28.2. The second-order valence-corrected chi connectivity index (χ2v) is 7.35. The van der Waals surface area contributed by atoms with Crippen LogP contribution in [0.1, 0.15) is 6.42 Å². The summed E-state index contributed by atoms with van der Waals surface area (Å²) in [6, 6.07) is -0.704. The summed E-state index contributed by atoms with van der Waals surface area (Å²) in [5, 5.41) is 9.08. The molecule has 0 spiro atoms. The molecule has 2 saturated heterocycles. The van der Waals surface area contributed by atoms with Crippen LogP contribution < -0.4 is 5.73 Å². The second-order valence-electron chi connectivity index (χ2n) is 5.12. The number of hydrogen-bond acceptors (Lipinski definition) is 6. The van der Waals surface area contributed by atoms with Crippen LogP contribution in [0.25, 0.3) is 0 Å². The molecule has 0 aliphatic carbocycles. The first-order valence-electron chi connectivity index (χ1n) is 6.39. The van der Waals surface area contributed by atoms with E-state index in [1.807, 2.05) is 0 Å². The van der Waals surface area contributed by atoms with E-state index in [-0.39, 0.29) is 49.3 Å². The third-order valence-electron chi connectivity index (χ3n) is 3.71. The van der Waals surface area contributed by atoms with Crippen molar-refractivity contribution >= 4 is 15.7 Å². The molecule has 2 heterocycles. The maximum atomic E-state index is 12.4. The third-order valence-corrected chi connectivity index (χ3v) is 5.47. The van der Waals surface area contributed by atoms with Crippen LogP contribution in [-0.4, -0.2) is 74.3 Å². The van der Waals surface area contributed by atoms with Gasteiger partial charge in [0.15, 0.2) is 9.84 Å². The Morgan fingerprint density at radius 1 is 1.42 bits per heavy atom. The van der Waals surface area contributed by atoms with Crippen molar-refractivity contribution < 1.29 is 23.1 Å². The van der Waals surface area contributed by atoms with Gasteiger partial charge in [-0.2, -0.15) is 0 Å². The second kappa shape index (κ2) is 5.74. The van der Waals surface area contributed by atoms with Gasteiger partial charge in [0.25, 0.3) is 0 Å². The molecule has 3 unspecified atom stereocenters. The van der Waals surface area contributed by atoms with Crippen LogP contribution in [0.15, 0.2) is 0 Å². The minimum atomic E-state index is -3.07. The summed E-state index contributed by atoms with van der Waals surface area (Å²) in [7, 11) is -3.07. The fourth-order valence-corrected chi connectivity index (χ4v) is 4.37. The van der Waals surface area contributed by atoms with Crippen molar-refractivity contribution in [3.63, 3.8) is 0 Å². The fraction of sp³-hybridized carbons (Fsp3) is 0.909. The molecule has 0 bridgehead atoms.